The van der Waals surface area contributed by atoms with Crippen LogP contribution in [0, 0.1) is 5.41 Å². The van der Waals surface area contributed by atoms with E-state index in [1.54, 1.807) is 11.9 Å². The van der Waals surface area contributed by atoms with Crippen molar-refractivity contribution in [1.82, 2.24) is 10.2 Å². The van der Waals surface area contributed by atoms with Gasteiger partial charge in [0.15, 0.2) is 5.54 Å². The van der Waals surface area contributed by atoms with Crippen molar-refractivity contribution in [2.24, 2.45) is 5.41 Å². The highest BCUT2D eigenvalue weighted by molar-refractivity contribution is 5.86. The fourth-order valence-electron chi connectivity index (χ4n) is 1.94. The number of carbonyl (C=O) groups excluding carboxylic acids is 1. The molecule has 110 valence electrons. The molecule has 2 amide bonds. The SMILES string of the molecule is CC(N(C)C(=O)NC1(C(=O)O)CCOC1)C(C)(C)C. The molecule has 1 heterocycles. The zero-order chi connectivity index (χ0) is 14.8. The third-order valence-corrected chi connectivity index (χ3v) is 3.93. The Morgan fingerprint density at radius 1 is 1.42 bits per heavy atom. The first-order valence-electron chi connectivity index (χ1n) is 6.46. The predicted octanol–water partition coefficient (Wildman–Crippen LogP) is 1.31. The zero-order valence-corrected chi connectivity index (χ0v) is 12.3. The number of urea groups is 1. The van der Waals surface area contributed by atoms with E-state index in [0.29, 0.717) is 13.0 Å². The van der Waals surface area contributed by atoms with E-state index < -0.39 is 11.5 Å². The Morgan fingerprint density at radius 2 is 2.00 bits per heavy atom. The average Bonchev–Trinajstić information content (AvgIpc) is 2.75. The van der Waals surface area contributed by atoms with Crippen molar-refractivity contribution in [3.05, 3.63) is 0 Å². The minimum Gasteiger partial charge on any atom is -0.479 e. The highest BCUT2D eigenvalue weighted by Crippen LogP contribution is 2.24. The van der Waals surface area contributed by atoms with Crippen molar-refractivity contribution in [2.75, 3.05) is 20.3 Å². The van der Waals surface area contributed by atoms with Crippen molar-refractivity contribution >= 4 is 12.0 Å². The second kappa shape index (κ2) is 5.36. The molecule has 19 heavy (non-hydrogen) atoms. The third kappa shape index (κ3) is 3.37. The summed E-state index contributed by atoms with van der Waals surface area (Å²) in [5.74, 6) is -1.05. The van der Waals surface area contributed by atoms with Crippen molar-refractivity contribution in [2.45, 2.75) is 45.7 Å². The van der Waals surface area contributed by atoms with E-state index in [4.69, 9.17) is 4.74 Å². The normalized spacial score (nSPS) is 24.9. The lowest BCUT2D eigenvalue weighted by molar-refractivity contribution is -0.144. The summed E-state index contributed by atoms with van der Waals surface area (Å²) in [4.78, 5) is 25.1. The van der Waals surface area contributed by atoms with Crippen LogP contribution < -0.4 is 5.32 Å². The maximum atomic E-state index is 12.2. The molecule has 0 saturated carbocycles. The largest absolute Gasteiger partial charge is 0.479 e. The van der Waals surface area contributed by atoms with E-state index in [9.17, 15) is 14.7 Å². The lowest BCUT2D eigenvalue weighted by Gasteiger charge is -2.37. The third-order valence-electron chi connectivity index (χ3n) is 3.93. The number of hydrogen-bond donors (Lipinski definition) is 2. The summed E-state index contributed by atoms with van der Waals surface area (Å²) < 4.78 is 5.12. The highest BCUT2D eigenvalue weighted by Gasteiger charge is 2.45. The molecule has 0 radical (unpaired) electrons. The molecule has 1 aliphatic rings. The van der Waals surface area contributed by atoms with Crippen LogP contribution in [-0.2, 0) is 9.53 Å². The number of carbonyl (C=O) groups is 2. The van der Waals surface area contributed by atoms with Crippen LogP contribution in [0.2, 0.25) is 0 Å². The van der Waals surface area contributed by atoms with Gasteiger partial charge in [-0.1, -0.05) is 20.8 Å². The van der Waals surface area contributed by atoms with Crippen LogP contribution in [0.25, 0.3) is 0 Å². The molecule has 6 nitrogen and oxygen atoms in total. The first kappa shape index (κ1) is 15.8. The minimum absolute atomic E-state index is 0.0133. The van der Waals surface area contributed by atoms with Crippen LogP contribution in [0.3, 0.4) is 0 Å². The van der Waals surface area contributed by atoms with Crippen LogP contribution >= 0.6 is 0 Å². The lowest BCUT2D eigenvalue weighted by atomic mass is 9.87. The van der Waals surface area contributed by atoms with Gasteiger partial charge < -0.3 is 20.1 Å². The Hall–Kier alpha value is -1.30. The van der Waals surface area contributed by atoms with Gasteiger partial charge in [0.05, 0.1) is 6.61 Å². The molecule has 1 saturated heterocycles. The molecular weight excluding hydrogens is 248 g/mol. The van der Waals surface area contributed by atoms with Gasteiger partial charge in [0, 0.05) is 26.1 Å². The number of ether oxygens (including phenoxy) is 1. The smallest absolute Gasteiger partial charge is 0.332 e. The van der Waals surface area contributed by atoms with Crippen molar-refractivity contribution in [1.29, 1.82) is 0 Å². The summed E-state index contributed by atoms with van der Waals surface area (Å²) in [6.07, 6.45) is 0.297. The number of carboxylic acid groups (broad SMARTS) is 1. The molecule has 1 fully saturated rings. The zero-order valence-electron chi connectivity index (χ0n) is 12.3. The Bertz CT molecular complexity index is 356. The number of nitrogens with one attached hydrogen (secondary N) is 1. The molecule has 0 aliphatic carbocycles. The molecule has 1 aliphatic heterocycles. The Balaban J connectivity index is 2.76. The van der Waals surface area contributed by atoms with Crippen LogP contribution in [0.1, 0.15) is 34.1 Å². The van der Waals surface area contributed by atoms with Gasteiger partial charge in [-0.05, 0) is 12.3 Å². The number of amides is 2. The van der Waals surface area contributed by atoms with E-state index in [2.05, 4.69) is 5.32 Å². The van der Waals surface area contributed by atoms with E-state index in [-0.39, 0.29) is 24.1 Å². The van der Waals surface area contributed by atoms with Gasteiger partial charge in [-0.3, -0.25) is 0 Å². The molecule has 0 spiro atoms. The van der Waals surface area contributed by atoms with Gasteiger partial charge in [0.2, 0.25) is 0 Å². The Labute approximate surface area is 114 Å². The molecule has 0 bridgehead atoms. The van der Waals surface area contributed by atoms with Gasteiger partial charge >= 0.3 is 12.0 Å². The number of rotatable bonds is 3. The van der Waals surface area contributed by atoms with E-state index in [1.807, 2.05) is 27.7 Å². The van der Waals surface area contributed by atoms with Gasteiger partial charge in [-0.15, -0.1) is 0 Å². The molecule has 0 aromatic heterocycles. The van der Waals surface area contributed by atoms with E-state index in [0.717, 1.165) is 0 Å². The highest BCUT2D eigenvalue weighted by atomic mass is 16.5. The van der Waals surface area contributed by atoms with Gasteiger partial charge in [0.1, 0.15) is 0 Å². The molecule has 2 atom stereocenters. The Kier molecular flexibility index (Phi) is 4.45. The second-order valence-electron chi connectivity index (χ2n) is 6.27. The van der Waals surface area contributed by atoms with E-state index >= 15 is 0 Å². The Morgan fingerprint density at radius 3 is 2.37 bits per heavy atom. The molecule has 2 N–H and O–H groups in total. The fourth-order valence-corrected chi connectivity index (χ4v) is 1.94. The summed E-state index contributed by atoms with van der Waals surface area (Å²) in [5.41, 5.74) is -1.36. The summed E-state index contributed by atoms with van der Waals surface area (Å²) in [6, 6.07) is -0.393. The minimum atomic E-state index is -1.29. The van der Waals surface area contributed by atoms with Crippen molar-refractivity contribution in [3.8, 4) is 0 Å². The van der Waals surface area contributed by atoms with Crippen LogP contribution in [-0.4, -0.2) is 53.8 Å². The number of hydrogen-bond acceptors (Lipinski definition) is 3. The lowest BCUT2D eigenvalue weighted by Crippen LogP contribution is -2.59. The topological polar surface area (TPSA) is 78.9 Å². The maximum Gasteiger partial charge on any atom is 0.332 e. The standard InChI is InChI=1S/C13H24N2O4/c1-9(12(2,3)4)15(5)11(18)14-13(10(16)17)6-7-19-8-13/h9H,6-8H2,1-5H3,(H,14,18)(H,16,17). The number of aliphatic carboxylic acids is 1. The van der Waals surface area contributed by atoms with Crippen molar-refractivity contribution in [3.63, 3.8) is 0 Å². The monoisotopic (exact) mass is 272 g/mol. The second-order valence-corrected chi connectivity index (χ2v) is 6.27. The number of carboxylic acids is 1. The van der Waals surface area contributed by atoms with Crippen LogP contribution in [0.4, 0.5) is 4.79 Å². The average molecular weight is 272 g/mol. The van der Waals surface area contributed by atoms with Gasteiger partial charge in [-0.25, -0.2) is 9.59 Å². The van der Waals surface area contributed by atoms with Gasteiger partial charge in [0.25, 0.3) is 0 Å². The van der Waals surface area contributed by atoms with Crippen LogP contribution in [0.5, 0.6) is 0 Å². The van der Waals surface area contributed by atoms with Gasteiger partial charge in [-0.2, -0.15) is 0 Å². The summed E-state index contributed by atoms with van der Waals surface area (Å²) >= 11 is 0. The summed E-state index contributed by atoms with van der Waals surface area (Å²) in [5, 5.41) is 11.9. The quantitative estimate of drug-likeness (QED) is 0.812. The molecule has 0 aromatic carbocycles. The van der Waals surface area contributed by atoms with Crippen molar-refractivity contribution < 1.29 is 19.4 Å². The first-order valence-corrected chi connectivity index (χ1v) is 6.46. The molecule has 2 unspecified atom stereocenters. The summed E-state index contributed by atoms with van der Waals surface area (Å²) in [7, 11) is 1.68. The van der Waals surface area contributed by atoms with E-state index in [1.165, 1.54) is 0 Å². The molecular formula is C13H24N2O4. The first-order chi connectivity index (χ1) is 8.60. The predicted molar refractivity (Wildman–Crippen MR) is 71.0 cm³/mol. The fraction of sp³-hybridized carbons (Fsp3) is 0.846. The molecule has 1 rings (SSSR count). The molecule has 0 aromatic rings. The molecule has 6 heteroatoms. The maximum absolute atomic E-state index is 12.2. The number of nitrogens with zero attached hydrogens (tertiary/aromatic N) is 1. The van der Waals surface area contributed by atoms with Crippen LogP contribution in [0.15, 0.2) is 0 Å². The summed E-state index contributed by atoms with van der Waals surface area (Å²) in [6.45, 7) is 8.42.